The standard InChI is InChI=1S/C7H14N2/c1-3-7(2)9-6-4-5-8/h4-7H,3,8H2,1-2H3/b5-4-,9-6-. The van der Waals surface area contributed by atoms with Crippen molar-refractivity contribution in [3.8, 4) is 0 Å². The summed E-state index contributed by atoms with van der Waals surface area (Å²) in [6, 6.07) is 0.418. The molecule has 0 aliphatic heterocycles. The molecular formula is C7H14N2. The van der Waals surface area contributed by atoms with Crippen LogP contribution in [0.2, 0.25) is 0 Å². The van der Waals surface area contributed by atoms with Crippen LogP contribution < -0.4 is 5.73 Å². The van der Waals surface area contributed by atoms with Crippen LogP contribution in [0.3, 0.4) is 0 Å². The molecule has 2 N–H and O–H groups in total. The molecule has 0 radical (unpaired) electrons. The van der Waals surface area contributed by atoms with E-state index in [9.17, 15) is 0 Å². The minimum Gasteiger partial charge on any atom is -0.405 e. The van der Waals surface area contributed by atoms with Gasteiger partial charge in [0.1, 0.15) is 0 Å². The van der Waals surface area contributed by atoms with Gasteiger partial charge in [-0.1, -0.05) is 6.92 Å². The van der Waals surface area contributed by atoms with Crippen molar-refractivity contribution in [1.82, 2.24) is 0 Å². The highest BCUT2D eigenvalue weighted by molar-refractivity contribution is 5.70. The van der Waals surface area contributed by atoms with Gasteiger partial charge < -0.3 is 5.73 Å². The smallest absolute Gasteiger partial charge is 0.0468 e. The Hall–Kier alpha value is -0.790. The van der Waals surface area contributed by atoms with E-state index >= 15 is 0 Å². The Morgan fingerprint density at radius 1 is 1.67 bits per heavy atom. The Morgan fingerprint density at radius 3 is 2.78 bits per heavy atom. The van der Waals surface area contributed by atoms with Crippen LogP contribution in [0.4, 0.5) is 0 Å². The minimum atomic E-state index is 0.418. The first-order valence-electron chi connectivity index (χ1n) is 3.21. The van der Waals surface area contributed by atoms with E-state index in [0.29, 0.717) is 6.04 Å². The summed E-state index contributed by atoms with van der Waals surface area (Å²) in [5, 5.41) is 0. The van der Waals surface area contributed by atoms with Gasteiger partial charge in [0.15, 0.2) is 0 Å². The summed E-state index contributed by atoms with van der Waals surface area (Å²) in [7, 11) is 0. The van der Waals surface area contributed by atoms with Crippen molar-refractivity contribution in [2.75, 3.05) is 0 Å². The molecule has 0 bridgehead atoms. The first kappa shape index (κ1) is 8.21. The van der Waals surface area contributed by atoms with Crippen LogP contribution in [0.5, 0.6) is 0 Å². The average molecular weight is 126 g/mol. The quantitative estimate of drug-likeness (QED) is 0.569. The molecule has 0 aliphatic rings. The fourth-order valence-electron chi connectivity index (χ4n) is 0.352. The van der Waals surface area contributed by atoms with Crippen LogP contribution in [0.1, 0.15) is 20.3 Å². The molecule has 2 nitrogen and oxygen atoms in total. The summed E-state index contributed by atoms with van der Waals surface area (Å²) in [4.78, 5) is 4.14. The summed E-state index contributed by atoms with van der Waals surface area (Å²) in [6.07, 6.45) is 6.01. The van der Waals surface area contributed by atoms with Gasteiger partial charge in [0, 0.05) is 12.3 Å². The van der Waals surface area contributed by atoms with E-state index in [-0.39, 0.29) is 0 Å². The van der Waals surface area contributed by atoms with Crippen molar-refractivity contribution in [1.29, 1.82) is 0 Å². The van der Waals surface area contributed by atoms with Gasteiger partial charge in [-0.05, 0) is 25.6 Å². The zero-order chi connectivity index (χ0) is 7.11. The Morgan fingerprint density at radius 2 is 2.33 bits per heavy atom. The Balaban J connectivity index is 3.43. The molecule has 0 aromatic carbocycles. The maximum Gasteiger partial charge on any atom is 0.0468 e. The highest BCUT2D eigenvalue weighted by Gasteiger charge is 1.87. The topological polar surface area (TPSA) is 38.4 Å². The molecule has 0 fully saturated rings. The Kier molecular flexibility index (Phi) is 4.88. The molecule has 2 heteroatoms. The van der Waals surface area contributed by atoms with Gasteiger partial charge in [0.25, 0.3) is 0 Å². The van der Waals surface area contributed by atoms with E-state index in [0.717, 1.165) is 6.42 Å². The van der Waals surface area contributed by atoms with Crippen LogP contribution in [-0.2, 0) is 0 Å². The molecule has 0 aromatic rings. The predicted octanol–water partition coefficient (Wildman–Crippen LogP) is 1.33. The predicted molar refractivity (Wildman–Crippen MR) is 41.6 cm³/mol. The van der Waals surface area contributed by atoms with Crippen molar-refractivity contribution >= 4 is 6.21 Å². The Labute approximate surface area is 56.5 Å². The summed E-state index contributed by atoms with van der Waals surface area (Å²) in [6.45, 7) is 4.18. The van der Waals surface area contributed by atoms with Crippen molar-refractivity contribution in [3.05, 3.63) is 12.3 Å². The SMILES string of the molecule is CCC(C)/N=C\C=C/N. The average Bonchev–Trinajstić information content (AvgIpc) is 1.89. The number of allylic oxidation sites excluding steroid dienone is 1. The van der Waals surface area contributed by atoms with E-state index in [1.54, 1.807) is 12.3 Å². The number of hydrogen-bond acceptors (Lipinski definition) is 2. The minimum absolute atomic E-state index is 0.418. The molecule has 1 unspecified atom stereocenters. The van der Waals surface area contributed by atoms with E-state index in [1.807, 2.05) is 0 Å². The molecule has 0 rings (SSSR count). The lowest BCUT2D eigenvalue weighted by molar-refractivity contribution is 0.721. The molecule has 0 saturated heterocycles. The van der Waals surface area contributed by atoms with Crippen LogP contribution in [0, 0.1) is 0 Å². The van der Waals surface area contributed by atoms with Crippen molar-refractivity contribution < 1.29 is 0 Å². The summed E-state index contributed by atoms with van der Waals surface area (Å²) >= 11 is 0. The van der Waals surface area contributed by atoms with Gasteiger partial charge in [-0.15, -0.1) is 0 Å². The summed E-state index contributed by atoms with van der Waals surface area (Å²) in [5.74, 6) is 0. The van der Waals surface area contributed by atoms with Gasteiger partial charge in [-0.2, -0.15) is 0 Å². The second-order valence-corrected chi connectivity index (χ2v) is 1.94. The highest BCUT2D eigenvalue weighted by Crippen LogP contribution is 1.92. The lowest BCUT2D eigenvalue weighted by atomic mass is 10.3. The van der Waals surface area contributed by atoms with Crippen LogP contribution >= 0.6 is 0 Å². The second kappa shape index (κ2) is 5.35. The zero-order valence-electron chi connectivity index (χ0n) is 6.04. The number of aliphatic imine (C=N–C) groups is 1. The molecule has 0 spiro atoms. The Bertz CT molecular complexity index is 105. The maximum absolute atomic E-state index is 5.08. The number of hydrogen-bond donors (Lipinski definition) is 1. The first-order chi connectivity index (χ1) is 4.31. The van der Waals surface area contributed by atoms with Crippen LogP contribution in [-0.4, -0.2) is 12.3 Å². The monoisotopic (exact) mass is 126 g/mol. The van der Waals surface area contributed by atoms with Gasteiger partial charge in [-0.3, -0.25) is 4.99 Å². The van der Waals surface area contributed by atoms with Gasteiger partial charge in [0.05, 0.1) is 0 Å². The normalized spacial score (nSPS) is 15.3. The molecule has 0 heterocycles. The van der Waals surface area contributed by atoms with E-state index in [1.165, 1.54) is 6.20 Å². The molecule has 9 heavy (non-hydrogen) atoms. The van der Waals surface area contributed by atoms with Crippen LogP contribution in [0.25, 0.3) is 0 Å². The molecule has 1 atom stereocenters. The molecular weight excluding hydrogens is 112 g/mol. The van der Waals surface area contributed by atoms with E-state index in [2.05, 4.69) is 18.8 Å². The molecule has 52 valence electrons. The fraction of sp³-hybridized carbons (Fsp3) is 0.571. The number of rotatable bonds is 3. The van der Waals surface area contributed by atoms with Gasteiger partial charge in [-0.25, -0.2) is 0 Å². The maximum atomic E-state index is 5.08. The van der Waals surface area contributed by atoms with E-state index in [4.69, 9.17) is 5.73 Å². The van der Waals surface area contributed by atoms with Crippen LogP contribution in [0.15, 0.2) is 17.3 Å². The first-order valence-corrected chi connectivity index (χ1v) is 3.21. The molecule has 0 aliphatic carbocycles. The number of nitrogens with zero attached hydrogens (tertiary/aromatic N) is 1. The number of nitrogens with two attached hydrogens (primary N) is 1. The summed E-state index contributed by atoms with van der Waals surface area (Å²) < 4.78 is 0. The third-order valence-corrected chi connectivity index (χ3v) is 1.13. The van der Waals surface area contributed by atoms with Gasteiger partial charge in [0.2, 0.25) is 0 Å². The fourth-order valence-corrected chi connectivity index (χ4v) is 0.352. The zero-order valence-corrected chi connectivity index (χ0v) is 6.04. The lowest BCUT2D eigenvalue weighted by Crippen LogP contribution is -1.93. The second-order valence-electron chi connectivity index (χ2n) is 1.94. The third kappa shape index (κ3) is 5.07. The summed E-state index contributed by atoms with van der Waals surface area (Å²) in [5.41, 5.74) is 5.08. The van der Waals surface area contributed by atoms with Crippen molar-refractivity contribution in [2.45, 2.75) is 26.3 Å². The molecule has 0 aromatic heterocycles. The van der Waals surface area contributed by atoms with E-state index < -0.39 is 0 Å². The molecule has 0 amide bonds. The van der Waals surface area contributed by atoms with Crippen molar-refractivity contribution in [2.24, 2.45) is 10.7 Å². The largest absolute Gasteiger partial charge is 0.405 e. The lowest BCUT2D eigenvalue weighted by Gasteiger charge is -1.96. The third-order valence-electron chi connectivity index (χ3n) is 1.13. The van der Waals surface area contributed by atoms with Crippen molar-refractivity contribution in [3.63, 3.8) is 0 Å². The van der Waals surface area contributed by atoms with Gasteiger partial charge >= 0.3 is 0 Å². The highest BCUT2D eigenvalue weighted by atomic mass is 14.7. The molecule has 0 saturated carbocycles.